The number of rotatable bonds is 7. The van der Waals surface area contributed by atoms with Gasteiger partial charge in [-0.3, -0.25) is 4.79 Å². The third-order valence-electron chi connectivity index (χ3n) is 5.01. The zero-order chi connectivity index (χ0) is 19.2. The van der Waals surface area contributed by atoms with Gasteiger partial charge in [0.1, 0.15) is 4.88 Å². The van der Waals surface area contributed by atoms with Crippen LogP contribution in [0.4, 0.5) is 10.8 Å². The molecule has 0 bridgehead atoms. The summed E-state index contributed by atoms with van der Waals surface area (Å²) >= 11 is 1.42. The Labute approximate surface area is 166 Å². The van der Waals surface area contributed by atoms with Crippen molar-refractivity contribution in [3.8, 4) is 0 Å². The number of hydrogen-bond donors (Lipinski definition) is 2. The van der Waals surface area contributed by atoms with Crippen LogP contribution in [-0.2, 0) is 0 Å². The topological polar surface area (TPSA) is 57.3 Å². The van der Waals surface area contributed by atoms with E-state index in [1.54, 1.807) is 0 Å². The molecule has 1 aromatic carbocycles. The minimum atomic E-state index is -0.0164. The monoisotopic (exact) mass is 386 g/mol. The van der Waals surface area contributed by atoms with Crippen LogP contribution in [-0.4, -0.2) is 42.0 Å². The van der Waals surface area contributed by atoms with E-state index in [2.05, 4.69) is 52.6 Å². The highest BCUT2D eigenvalue weighted by Crippen LogP contribution is 2.27. The van der Waals surface area contributed by atoms with Crippen LogP contribution in [0, 0.1) is 20.8 Å². The summed E-state index contributed by atoms with van der Waals surface area (Å²) < 4.78 is 0. The van der Waals surface area contributed by atoms with Crippen molar-refractivity contribution >= 4 is 28.1 Å². The average molecular weight is 387 g/mol. The molecule has 6 heteroatoms. The van der Waals surface area contributed by atoms with E-state index >= 15 is 0 Å². The van der Waals surface area contributed by atoms with Crippen molar-refractivity contribution in [1.29, 1.82) is 0 Å². The molecule has 0 unspecified atom stereocenters. The molecule has 146 valence electrons. The van der Waals surface area contributed by atoms with E-state index < -0.39 is 0 Å². The number of carbonyl (C=O) groups is 1. The highest BCUT2D eigenvalue weighted by molar-refractivity contribution is 7.17. The number of hydrogen-bond acceptors (Lipinski definition) is 5. The first kappa shape index (κ1) is 19.8. The SMILES string of the molecule is Cc1ccc(Nc2nc(C)c(C(=O)NCCCN3CCCCC3)s2)c(C)c1. The second-order valence-corrected chi connectivity index (χ2v) is 8.39. The third-order valence-corrected chi connectivity index (χ3v) is 6.08. The molecule has 1 saturated heterocycles. The average Bonchev–Trinajstić information content (AvgIpc) is 3.02. The number of likely N-dealkylation sites (tertiary alicyclic amines) is 1. The highest BCUT2D eigenvalue weighted by atomic mass is 32.1. The lowest BCUT2D eigenvalue weighted by Crippen LogP contribution is -2.33. The normalized spacial score (nSPS) is 14.9. The van der Waals surface area contributed by atoms with Gasteiger partial charge in [0.25, 0.3) is 5.91 Å². The molecule has 2 heterocycles. The molecule has 3 rings (SSSR count). The van der Waals surface area contributed by atoms with E-state index in [9.17, 15) is 4.79 Å². The zero-order valence-electron chi connectivity index (χ0n) is 16.6. The summed E-state index contributed by atoms with van der Waals surface area (Å²) in [5.41, 5.74) is 4.22. The molecule has 1 aliphatic heterocycles. The van der Waals surface area contributed by atoms with E-state index in [1.807, 2.05) is 6.92 Å². The zero-order valence-corrected chi connectivity index (χ0v) is 17.4. The van der Waals surface area contributed by atoms with E-state index in [0.717, 1.165) is 29.5 Å². The number of thiazole rings is 1. The number of piperidine rings is 1. The van der Waals surface area contributed by atoms with Crippen LogP contribution < -0.4 is 10.6 Å². The predicted octanol–water partition coefficient (Wildman–Crippen LogP) is 4.42. The number of nitrogens with zero attached hydrogens (tertiary/aromatic N) is 2. The van der Waals surface area contributed by atoms with Gasteiger partial charge in [0.05, 0.1) is 5.69 Å². The number of benzene rings is 1. The van der Waals surface area contributed by atoms with Crippen molar-refractivity contribution in [3.63, 3.8) is 0 Å². The van der Waals surface area contributed by atoms with E-state index in [-0.39, 0.29) is 5.91 Å². The quantitative estimate of drug-likeness (QED) is 0.692. The van der Waals surface area contributed by atoms with Gasteiger partial charge in [0, 0.05) is 12.2 Å². The second-order valence-electron chi connectivity index (χ2n) is 7.39. The molecular weight excluding hydrogens is 356 g/mol. The minimum absolute atomic E-state index is 0.0164. The molecule has 27 heavy (non-hydrogen) atoms. The Kier molecular flexibility index (Phi) is 6.85. The molecule has 1 amide bonds. The Hall–Kier alpha value is -1.92. The van der Waals surface area contributed by atoms with Crippen LogP contribution in [0.2, 0.25) is 0 Å². The molecule has 0 spiro atoms. The fraction of sp³-hybridized carbons (Fsp3) is 0.524. The first-order valence-corrected chi connectivity index (χ1v) is 10.7. The van der Waals surface area contributed by atoms with E-state index in [4.69, 9.17) is 0 Å². The molecule has 0 saturated carbocycles. The molecule has 5 nitrogen and oxygen atoms in total. The third kappa shape index (κ3) is 5.53. The van der Waals surface area contributed by atoms with Gasteiger partial charge in [0.2, 0.25) is 0 Å². The Morgan fingerprint density at radius 1 is 1.19 bits per heavy atom. The molecule has 2 aromatic rings. The van der Waals surface area contributed by atoms with Gasteiger partial charge in [-0.15, -0.1) is 0 Å². The summed E-state index contributed by atoms with van der Waals surface area (Å²) in [5, 5.41) is 7.16. The van der Waals surface area contributed by atoms with Crippen LogP contribution in [0.1, 0.15) is 52.2 Å². The molecule has 1 aliphatic rings. The van der Waals surface area contributed by atoms with E-state index in [1.165, 1.54) is 54.8 Å². The predicted molar refractivity (Wildman–Crippen MR) is 113 cm³/mol. The van der Waals surface area contributed by atoms with Crippen molar-refractivity contribution in [2.75, 3.05) is 31.5 Å². The molecule has 0 radical (unpaired) electrons. The standard InChI is InChI=1S/C21H30N4OS/c1-15-8-9-18(16(2)14-15)24-21-23-17(3)19(27-21)20(26)22-10-7-13-25-11-5-4-6-12-25/h8-9,14H,4-7,10-13H2,1-3H3,(H,22,26)(H,23,24). The highest BCUT2D eigenvalue weighted by Gasteiger charge is 2.16. The number of amides is 1. The fourth-order valence-electron chi connectivity index (χ4n) is 3.50. The van der Waals surface area contributed by atoms with Crippen LogP contribution >= 0.6 is 11.3 Å². The van der Waals surface area contributed by atoms with Gasteiger partial charge in [0.15, 0.2) is 5.13 Å². The maximum absolute atomic E-state index is 12.5. The van der Waals surface area contributed by atoms with Crippen molar-refractivity contribution in [1.82, 2.24) is 15.2 Å². The summed E-state index contributed by atoms with van der Waals surface area (Å²) in [6.45, 7) is 10.2. The number of nitrogens with one attached hydrogen (secondary N) is 2. The van der Waals surface area contributed by atoms with Crippen molar-refractivity contribution < 1.29 is 4.79 Å². The maximum Gasteiger partial charge on any atom is 0.263 e. The van der Waals surface area contributed by atoms with Crippen LogP contribution in [0.25, 0.3) is 0 Å². The number of aromatic nitrogens is 1. The molecule has 1 fully saturated rings. The van der Waals surface area contributed by atoms with Gasteiger partial charge in [-0.25, -0.2) is 4.98 Å². The van der Waals surface area contributed by atoms with Crippen molar-refractivity contribution in [2.24, 2.45) is 0 Å². The summed E-state index contributed by atoms with van der Waals surface area (Å²) in [6.07, 6.45) is 4.97. The van der Waals surface area contributed by atoms with Crippen LogP contribution in [0.5, 0.6) is 0 Å². The van der Waals surface area contributed by atoms with Gasteiger partial charge < -0.3 is 15.5 Å². The van der Waals surface area contributed by atoms with Crippen molar-refractivity contribution in [3.05, 3.63) is 39.9 Å². The van der Waals surface area contributed by atoms with Crippen LogP contribution in [0.3, 0.4) is 0 Å². The molecule has 2 N–H and O–H groups in total. The summed E-state index contributed by atoms with van der Waals surface area (Å²) in [4.78, 5) is 20.2. The molecule has 1 aromatic heterocycles. The number of aryl methyl sites for hydroxylation is 3. The minimum Gasteiger partial charge on any atom is -0.351 e. The lowest BCUT2D eigenvalue weighted by Gasteiger charge is -2.26. The number of carbonyl (C=O) groups excluding carboxylic acids is 1. The smallest absolute Gasteiger partial charge is 0.263 e. The van der Waals surface area contributed by atoms with E-state index in [0.29, 0.717) is 11.4 Å². The lowest BCUT2D eigenvalue weighted by molar-refractivity contribution is 0.0954. The lowest BCUT2D eigenvalue weighted by atomic mass is 10.1. The molecule has 0 aliphatic carbocycles. The molecule has 0 atom stereocenters. The van der Waals surface area contributed by atoms with Gasteiger partial charge in [-0.05, 0) is 71.3 Å². The fourth-order valence-corrected chi connectivity index (χ4v) is 4.39. The Bertz CT molecular complexity index is 780. The first-order chi connectivity index (χ1) is 13.0. The van der Waals surface area contributed by atoms with Gasteiger partial charge in [-0.2, -0.15) is 0 Å². The van der Waals surface area contributed by atoms with Crippen molar-refractivity contribution in [2.45, 2.75) is 46.5 Å². The molecular formula is C21H30N4OS. The Balaban J connectivity index is 1.51. The Morgan fingerprint density at radius 3 is 2.70 bits per heavy atom. The second kappa shape index (κ2) is 9.33. The number of anilines is 2. The Morgan fingerprint density at radius 2 is 1.96 bits per heavy atom. The summed E-state index contributed by atoms with van der Waals surface area (Å²) in [5.74, 6) is -0.0164. The summed E-state index contributed by atoms with van der Waals surface area (Å²) in [7, 11) is 0. The van der Waals surface area contributed by atoms with Gasteiger partial charge in [-0.1, -0.05) is 35.5 Å². The van der Waals surface area contributed by atoms with Gasteiger partial charge >= 0.3 is 0 Å². The summed E-state index contributed by atoms with van der Waals surface area (Å²) in [6, 6.07) is 6.27. The maximum atomic E-state index is 12.5. The van der Waals surface area contributed by atoms with Crippen LogP contribution in [0.15, 0.2) is 18.2 Å². The first-order valence-electron chi connectivity index (χ1n) is 9.85. The largest absolute Gasteiger partial charge is 0.351 e.